The number of aryl methyl sites for hydroxylation is 2. The molecule has 0 aliphatic rings. The van der Waals surface area contributed by atoms with Crippen LogP contribution in [0.2, 0.25) is 0 Å². The van der Waals surface area contributed by atoms with E-state index in [1.54, 1.807) is 18.6 Å². The number of carbonyl (C=O) groups excluding carboxylic acids is 1. The first-order valence-corrected chi connectivity index (χ1v) is 6.38. The van der Waals surface area contributed by atoms with Gasteiger partial charge < -0.3 is 10.1 Å². The van der Waals surface area contributed by atoms with Crippen LogP contribution in [0.3, 0.4) is 0 Å². The van der Waals surface area contributed by atoms with Crippen molar-refractivity contribution < 1.29 is 9.53 Å². The summed E-state index contributed by atoms with van der Waals surface area (Å²) in [6, 6.07) is 5.66. The van der Waals surface area contributed by atoms with Gasteiger partial charge in [0.15, 0.2) is 0 Å². The van der Waals surface area contributed by atoms with Gasteiger partial charge in [-0.25, -0.2) is 4.98 Å². The summed E-state index contributed by atoms with van der Waals surface area (Å²) in [5.41, 5.74) is 2.61. The maximum absolute atomic E-state index is 12.0. The molecule has 0 saturated heterocycles. The molecule has 2 aromatic rings. The lowest BCUT2D eigenvalue weighted by Crippen LogP contribution is -2.13. The van der Waals surface area contributed by atoms with Gasteiger partial charge in [0.25, 0.3) is 0 Å². The van der Waals surface area contributed by atoms with E-state index in [9.17, 15) is 4.79 Å². The topological polar surface area (TPSA) is 64.1 Å². The molecule has 5 nitrogen and oxygen atoms in total. The molecule has 0 radical (unpaired) electrons. The molecule has 0 spiro atoms. The number of pyridine rings is 2. The molecule has 0 saturated carbocycles. The Bertz CT molecular complexity index is 585. The Morgan fingerprint density at radius 1 is 1.40 bits per heavy atom. The highest BCUT2D eigenvalue weighted by atomic mass is 16.5. The number of carbonyl (C=O) groups is 1. The molecule has 2 heterocycles. The predicted octanol–water partition coefficient (Wildman–Crippen LogP) is 2.36. The van der Waals surface area contributed by atoms with Crippen LogP contribution in [-0.4, -0.2) is 23.0 Å². The van der Waals surface area contributed by atoms with Gasteiger partial charge >= 0.3 is 0 Å². The van der Waals surface area contributed by atoms with Crippen LogP contribution < -0.4 is 10.1 Å². The second kappa shape index (κ2) is 6.65. The Morgan fingerprint density at radius 3 is 2.95 bits per heavy atom. The molecular formula is C15H17N3O2. The molecule has 104 valence electrons. The van der Waals surface area contributed by atoms with E-state index in [2.05, 4.69) is 15.3 Å². The van der Waals surface area contributed by atoms with Gasteiger partial charge in [-0.05, 0) is 36.6 Å². The first kappa shape index (κ1) is 14.0. The van der Waals surface area contributed by atoms with Crippen molar-refractivity contribution in [2.24, 2.45) is 0 Å². The molecule has 0 fully saturated rings. The first-order valence-electron chi connectivity index (χ1n) is 6.38. The lowest BCUT2D eigenvalue weighted by Gasteiger charge is -2.09. The molecule has 20 heavy (non-hydrogen) atoms. The highest BCUT2D eigenvalue weighted by Gasteiger charge is 2.09. The van der Waals surface area contributed by atoms with E-state index < -0.39 is 0 Å². The van der Waals surface area contributed by atoms with Gasteiger partial charge in [-0.1, -0.05) is 6.07 Å². The number of rotatable bonds is 5. The SMILES string of the molecule is COc1ncc(C)cc1NC(=O)CCc1cccnc1. The van der Waals surface area contributed by atoms with Crippen molar-refractivity contribution in [2.45, 2.75) is 19.8 Å². The Morgan fingerprint density at radius 2 is 2.25 bits per heavy atom. The average molecular weight is 271 g/mol. The Hall–Kier alpha value is -2.43. The molecule has 5 heteroatoms. The van der Waals surface area contributed by atoms with E-state index >= 15 is 0 Å². The van der Waals surface area contributed by atoms with Crippen molar-refractivity contribution in [3.05, 3.63) is 47.9 Å². The van der Waals surface area contributed by atoms with Crippen LogP contribution >= 0.6 is 0 Å². The van der Waals surface area contributed by atoms with Crippen molar-refractivity contribution in [2.75, 3.05) is 12.4 Å². The summed E-state index contributed by atoms with van der Waals surface area (Å²) in [6.45, 7) is 1.91. The molecule has 0 unspecified atom stereocenters. The fourth-order valence-corrected chi connectivity index (χ4v) is 1.83. The van der Waals surface area contributed by atoms with Crippen molar-refractivity contribution >= 4 is 11.6 Å². The van der Waals surface area contributed by atoms with Crippen LogP contribution in [0.5, 0.6) is 5.88 Å². The summed E-state index contributed by atoms with van der Waals surface area (Å²) in [7, 11) is 1.53. The Kier molecular flexibility index (Phi) is 4.65. The van der Waals surface area contributed by atoms with Gasteiger partial charge in [-0.15, -0.1) is 0 Å². The average Bonchev–Trinajstić information content (AvgIpc) is 2.46. The van der Waals surface area contributed by atoms with Crippen LogP contribution in [0, 0.1) is 6.92 Å². The zero-order valence-electron chi connectivity index (χ0n) is 11.6. The molecule has 0 aliphatic carbocycles. The molecule has 0 aromatic carbocycles. The number of hydrogen-bond donors (Lipinski definition) is 1. The van der Waals surface area contributed by atoms with E-state index in [0.29, 0.717) is 24.4 Å². The smallest absolute Gasteiger partial charge is 0.237 e. The minimum Gasteiger partial charge on any atom is -0.480 e. The van der Waals surface area contributed by atoms with Gasteiger partial charge in [0.1, 0.15) is 5.69 Å². The summed E-state index contributed by atoms with van der Waals surface area (Å²) in [5, 5.41) is 2.83. The number of nitrogens with zero attached hydrogens (tertiary/aromatic N) is 2. The number of methoxy groups -OCH3 is 1. The quantitative estimate of drug-likeness (QED) is 0.906. The summed E-state index contributed by atoms with van der Waals surface area (Å²) < 4.78 is 5.13. The van der Waals surface area contributed by atoms with Crippen LogP contribution in [-0.2, 0) is 11.2 Å². The van der Waals surface area contributed by atoms with Crippen LogP contribution in [0.15, 0.2) is 36.8 Å². The van der Waals surface area contributed by atoms with Crippen LogP contribution in [0.4, 0.5) is 5.69 Å². The van der Waals surface area contributed by atoms with Crippen LogP contribution in [0.1, 0.15) is 17.5 Å². The summed E-state index contributed by atoms with van der Waals surface area (Å²) in [6.07, 6.45) is 6.23. The molecule has 1 N–H and O–H groups in total. The van der Waals surface area contributed by atoms with Crippen molar-refractivity contribution in [1.29, 1.82) is 0 Å². The number of hydrogen-bond acceptors (Lipinski definition) is 4. The third kappa shape index (κ3) is 3.78. The third-order valence-corrected chi connectivity index (χ3v) is 2.82. The number of nitrogens with one attached hydrogen (secondary N) is 1. The number of amides is 1. The number of ether oxygens (including phenoxy) is 1. The highest BCUT2D eigenvalue weighted by Crippen LogP contribution is 2.22. The standard InChI is InChI=1S/C15H17N3O2/c1-11-8-13(15(20-2)17-9-11)18-14(19)6-5-12-4-3-7-16-10-12/h3-4,7-10H,5-6H2,1-2H3,(H,18,19). The Balaban J connectivity index is 1.96. The van der Waals surface area contributed by atoms with Crippen molar-refractivity contribution in [1.82, 2.24) is 9.97 Å². The third-order valence-electron chi connectivity index (χ3n) is 2.82. The molecule has 0 atom stereocenters. The Labute approximate surface area is 118 Å². The normalized spacial score (nSPS) is 10.1. The highest BCUT2D eigenvalue weighted by molar-refractivity contribution is 5.92. The zero-order chi connectivity index (χ0) is 14.4. The monoisotopic (exact) mass is 271 g/mol. The molecule has 0 aliphatic heterocycles. The molecule has 2 aromatic heterocycles. The zero-order valence-corrected chi connectivity index (χ0v) is 11.6. The fourth-order valence-electron chi connectivity index (χ4n) is 1.83. The minimum absolute atomic E-state index is 0.0699. The molecular weight excluding hydrogens is 254 g/mol. The van der Waals surface area contributed by atoms with Gasteiger partial charge in [-0.3, -0.25) is 9.78 Å². The summed E-state index contributed by atoms with van der Waals surface area (Å²) >= 11 is 0. The molecule has 0 bridgehead atoms. The lowest BCUT2D eigenvalue weighted by molar-refractivity contribution is -0.116. The van der Waals surface area contributed by atoms with Gasteiger partial charge in [-0.2, -0.15) is 0 Å². The second-order valence-electron chi connectivity index (χ2n) is 4.48. The van der Waals surface area contributed by atoms with E-state index in [-0.39, 0.29) is 5.91 Å². The molecule has 1 amide bonds. The van der Waals surface area contributed by atoms with Gasteiger partial charge in [0, 0.05) is 25.0 Å². The maximum atomic E-state index is 12.0. The maximum Gasteiger partial charge on any atom is 0.237 e. The predicted molar refractivity (Wildman–Crippen MR) is 76.7 cm³/mol. The van der Waals surface area contributed by atoms with Crippen LogP contribution in [0.25, 0.3) is 0 Å². The molecule has 2 rings (SSSR count). The van der Waals surface area contributed by atoms with E-state index in [1.807, 2.05) is 25.1 Å². The van der Waals surface area contributed by atoms with E-state index in [1.165, 1.54) is 7.11 Å². The summed E-state index contributed by atoms with van der Waals surface area (Å²) in [4.78, 5) is 20.1. The minimum atomic E-state index is -0.0699. The summed E-state index contributed by atoms with van der Waals surface area (Å²) in [5.74, 6) is 0.352. The van der Waals surface area contributed by atoms with Crippen molar-refractivity contribution in [3.63, 3.8) is 0 Å². The first-order chi connectivity index (χ1) is 9.69. The van der Waals surface area contributed by atoms with Gasteiger partial charge in [0.2, 0.25) is 11.8 Å². The van der Waals surface area contributed by atoms with E-state index in [0.717, 1.165) is 11.1 Å². The largest absolute Gasteiger partial charge is 0.480 e. The second-order valence-corrected chi connectivity index (χ2v) is 4.48. The lowest BCUT2D eigenvalue weighted by atomic mass is 10.1. The van der Waals surface area contributed by atoms with E-state index in [4.69, 9.17) is 4.74 Å². The number of anilines is 1. The number of aromatic nitrogens is 2. The van der Waals surface area contributed by atoms with Gasteiger partial charge in [0.05, 0.1) is 7.11 Å². The van der Waals surface area contributed by atoms with Crippen molar-refractivity contribution in [3.8, 4) is 5.88 Å². The fraction of sp³-hybridized carbons (Fsp3) is 0.267.